The fourth-order valence-corrected chi connectivity index (χ4v) is 4.30. The molecule has 5 nitrogen and oxygen atoms in total. The zero-order valence-corrected chi connectivity index (χ0v) is 13.7. The van der Waals surface area contributed by atoms with Gasteiger partial charge in [-0.2, -0.15) is 0 Å². The van der Waals surface area contributed by atoms with Crippen LogP contribution in [0.25, 0.3) is 0 Å². The lowest BCUT2D eigenvalue weighted by Crippen LogP contribution is -2.36. The van der Waals surface area contributed by atoms with E-state index in [0.29, 0.717) is 4.31 Å². The van der Waals surface area contributed by atoms with Gasteiger partial charge in [-0.3, -0.25) is 9.10 Å². The minimum Gasteiger partial charge on any atom is -0.465 e. The highest BCUT2D eigenvalue weighted by molar-refractivity contribution is 7.94. The van der Waals surface area contributed by atoms with Crippen LogP contribution in [-0.4, -0.2) is 27.5 Å². The Labute approximate surface area is 136 Å². The maximum Gasteiger partial charge on any atom is 0.326 e. The molecular formula is C14H13F2NO4S2. The highest BCUT2D eigenvalue weighted by atomic mass is 32.2. The average Bonchev–Trinajstić information content (AvgIpc) is 3.03. The predicted octanol–water partition coefficient (Wildman–Crippen LogP) is 2.78. The van der Waals surface area contributed by atoms with Gasteiger partial charge in [-0.25, -0.2) is 17.2 Å². The summed E-state index contributed by atoms with van der Waals surface area (Å²) in [6, 6.07) is 5.50. The van der Waals surface area contributed by atoms with Crippen LogP contribution in [0, 0.1) is 11.6 Å². The van der Waals surface area contributed by atoms with E-state index in [2.05, 4.69) is 0 Å². The van der Waals surface area contributed by atoms with Gasteiger partial charge in [0.05, 0.1) is 12.3 Å². The van der Waals surface area contributed by atoms with Crippen LogP contribution in [0.4, 0.5) is 14.5 Å². The van der Waals surface area contributed by atoms with Gasteiger partial charge < -0.3 is 4.74 Å². The Morgan fingerprint density at radius 2 is 2.00 bits per heavy atom. The van der Waals surface area contributed by atoms with E-state index in [-0.39, 0.29) is 16.5 Å². The van der Waals surface area contributed by atoms with Crippen molar-refractivity contribution in [1.82, 2.24) is 0 Å². The van der Waals surface area contributed by atoms with Crippen molar-refractivity contribution in [2.45, 2.75) is 11.1 Å². The predicted molar refractivity (Wildman–Crippen MR) is 81.8 cm³/mol. The molecule has 1 aromatic carbocycles. The molecule has 0 spiro atoms. The molecule has 0 radical (unpaired) electrons. The summed E-state index contributed by atoms with van der Waals surface area (Å²) in [5, 5.41) is 1.56. The number of nitrogens with zero attached hydrogens (tertiary/aromatic N) is 1. The van der Waals surface area contributed by atoms with Crippen molar-refractivity contribution >= 4 is 33.0 Å². The monoisotopic (exact) mass is 361 g/mol. The molecule has 0 bridgehead atoms. The minimum absolute atomic E-state index is 0.0217. The van der Waals surface area contributed by atoms with Gasteiger partial charge in [-0.1, -0.05) is 6.07 Å². The van der Waals surface area contributed by atoms with Gasteiger partial charge >= 0.3 is 5.97 Å². The lowest BCUT2D eigenvalue weighted by atomic mass is 10.3. The second-order valence-electron chi connectivity index (χ2n) is 4.35. The molecule has 2 aromatic rings. The Kier molecular flexibility index (Phi) is 5.32. The molecule has 0 amide bonds. The second kappa shape index (κ2) is 7.05. The Morgan fingerprint density at radius 1 is 1.26 bits per heavy atom. The molecule has 9 heteroatoms. The van der Waals surface area contributed by atoms with Gasteiger partial charge in [0.1, 0.15) is 10.8 Å². The van der Waals surface area contributed by atoms with Crippen LogP contribution in [0.2, 0.25) is 0 Å². The van der Waals surface area contributed by atoms with Crippen LogP contribution in [0.15, 0.2) is 39.9 Å². The smallest absolute Gasteiger partial charge is 0.326 e. The van der Waals surface area contributed by atoms with Crippen LogP contribution < -0.4 is 4.31 Å². The van der Waals surface area contributed by atoms with Crippen LogP contribution in [-0.2, 0) is 19.6 Å². The van der Waals surface area contributed by atoms with E-state index in [1.807, 2.05) is 0 Å². The lowest BCUT2D eigenvalue weighted by Gasteiger charge is -2.22. The molecule has 0 aliphatic rings. The van der Waals surface area contributed by atoms with E-state index in [9.17, 15) is 22.0 Å². The molecule has 0 atom stereocenters. The number of anilines is 1. The van der Waals surface area contributed by atoms with Crippen LogP contribution >= 0.6 is 11.3 Å². The van der Waals surface area contributed by atoms with Gasteiger partial charge in [-0.15, -0.1) is 11.3 Å². The Hall–Kier alpha value is -2.00. The molecule has 2 rings (SSSR count). The molecule has 0 unspecified atom stereocenters. The van der Waals surface area contributed by atoms with Crippen molar-refractivity contribution < 1.29 is 26.7 Å². The Balaban J connectivity index is 2.47. The molecule has 0 saturated carbocycles. The number of benzene rings is 1. The fourth-order valence-electron chi connectivity index (χ4n) is 1.80. The minimum atomic E-state index is -4.09. The van der Waals surface area contributed by atoms with Crippen molar-refractivity contribution in [1.29, 1.82) is 0 Å². The third-order valence-electron chi connectivity index (χ3n) is 2.81. The number of hydrogen-bond acceptors (Lipinski definition) is 5. The Morgan fingerprint density at radius 3 is 2.57 bits per heavy atom. The van der Waals surface area contributed by atoms with Gasteiger partial charge in [0.15, 0.2) is 11.6 Å². The Bertz CT molecular complexity index is 791. The standard InChI is InChI=1S/C14H13F2NO4S2/c1-2-21-13(18)9-17(10-5-6-11(15)12(16)8-10)23(19,20)14-4-3-7-22-14/h3-8H,2,9H2,1H3. The number of sulfonamides is 1. The van der Waals surface area contributed by atoms with Gasteiger partial charge in [0.2, 0.25) is 0 Å². The van der Waals surface area contributed by atoms with E-state index in [1.165, 1.54) is 12.1 Å². The number of hydrogen-bond donors (Lipinski definition) is 0. The topological polar surface area (TPSA) is 63.7 Å². The van der Waals surface area contributed by atoms with Crippen LogP contribution in [0.1, 0.15) is 6.92 Å². The second-order valence-corrected chi connectivity index (χ2v) is 7.38. The van der Waals surface area contributed by atoms with E-state index in [4.69, 9.17) is 4.74 Å². The van der Waals surface area contributed by atoms with Crippen LogP contribution in [0.3, 0.4) is 0 Å². The summed E-state index contributed by atoms with van der Waals surface area (Å²) in [4.78, 5) is 11.7. The SMILES string of the molecule is CCOC(=O)CN(c1ccc(F)c(F)c1)S(=O)(=O)c1cccs1. The number of thiophene rings is 1. The highest BCUT2D eigenvalue weighted by Gasteiger charge is 2.29. The molecule has 0 fully saturated rings. The molecule has 23 heavy (non-hydrogen) atoms. The number of halogens is 2. The van der Waals surface area contributed by atoms with Gasteiger partial charge in [0.25, 0.3) is 10.0 Å². The molecular weight excluding hydrogens is 348 g/mol. The zero-order valence-electron chi connectivity index (χ0n) is 12.0. The first kappa shape index (κ1) is 17.4. The number of carbonyl (C=O) groups excluding carboxylic acids is 1. The zero-order chi connectivity index (χ0) is 17.0. The van der Waals surface area contributed by atoms with E-state index in [1.54, 1.807) is 12.3 Å². The number of esters is 1. The van der Waals surface area contributed by atoms with Crippen molar-refractivity contribution in [3.63, 3.8) is 0 Å². The molecule has 0 aliphatic heterocycles. The molecule has 124 valence electrons. The maximum absolute atomic E-state index is 13.4. The van der Waals surface area contributed by atoms with Crippen LogP contribution in [0.5, 0.6) is 0 Å². The summed E-state index contributed by atoms with van der Waals surface area (Å²) in [6.07, 6.45) is 0. The summed E-state index contributed by atoms with van der Waals surface area (Å²) in [5.41, 5.74) is -0.162. The maximum atomic E-state index is 13.4. The average molecular weight is 361 g/mol. The third-order valence-corrected chi connectivity index (χ3v) is 5.96. The fraction of sp³-hybridized carbons (Fsp3) is 0.214. The molecule has 1 heterocycles. The first-order chi connectivity index (χ1) is 10.9. The summed E-state index contributed by atoms with van der Waals surface area (Å²) >= 11 is 0.951. The number of ether oxygens (including phenoxy) is 1. The first-order valence-corrected chi connectivity index (χ1v) is 8.85. The van der Waals surface area contributed by atoms with Crippen molar-refractivity contribution in [2.24, 2.45) is 0 Å². The summed E-state index contributed by atoms with van der Waals surface area (Å²) in [5.74, 6) is -3.12. The lowest BCUT2D eigenvalue weighted by molar-refractivity contribution is -0.141. The van der Waals surface area contributed by atoms with Gasteiger partial charge in [-0.05, 0) is 30.5 Å². The summed E-state index contributed by atoms with van der Waals surface area (Å²) < 4.78 is 57.2. The van der Waals surface area contributed by atoms with Gasteiger partial charge in [0, 0.05) is 6.07 Å². The molecule has 0 saturated heterocycles. The highest BCUT2D eigenvalue weighted by Crippen LogP contribution is 2.27. The molecule has 0 N–H and O–H groups in total. The van der Waals surface area contributed by atoms with E-state index >= 15 is 0 Å². The van der Waals surface area contributed by atoms with Crippen molar-refractivity contribution in [3.8, 4) is 0 Å². The number of rotatable bonds is 6. The first-order valence-electron chi connectivity index (χ1n) is 6.53. The van der Waals surface area contributed by atoms with E-state index in [0.717, 1.165) is 29.5 Å². The summed E-state index contributed by atoms with van der Waals surface area (Å²) in [7, 11) is -4.09. The molecule has 0 aliphatic carbocycles. The quantitative estimate of drug-likeness (QED) is 0.742. The van der Waals surface area contributed by atoms with E-state index < -0.39 is 34.2 Å². The number of carbonyl (C=O) groups is 1. The summed E-state index contributed by atoms with van der Waals surface area (Å²) in [6.45, 7) is 1.01. The third kappa shape index (κ3) is 3.85. The normalized spacial score (nSPS) is 11.3. The van der Waals surface area contributed by atoms with Crippen molar-refractivity contribution in [2.75, 3.05) is 17.5 Å². The molecule has 1 aromatic heterocycles. The largest absolute Gasteiger partial charge is 0.465 e. The van der Waals surface area contributed by atoms with Crippen molar-refractivity contribution in [3.05, 3.63) is 47.3 Å².